The molecule has 0 atom stereocenters. The van der Waals surface area contributed by atoms with Gasteiger partial charge in [-0.1, -0.05) is 6.07 Å². The van der Waals surface area contributed by atoms with E-state index in [0.717, 1.165) is 12.1 Å². The molecule has 0 radical (unpaired) electrons. The summed E-state index contributed by atoms with van der Waals surface area (Å²) in [7, 11) is 0. The van der Waals surface area contributed by atoms with E-state index in [0.29, 0.717) is 22.2 Å². The summed E-state index contributed by atoms with van der Waals surface area (Å²) in [5.41, 5.74) is 0.687. The molecule has 0 saturated carbocycles. The van der Waals surface area contributed by atoms with E-state index in [9.17, 15) is 18.3 Å². The molecule has 2 heterocycles. The fourth-order valence-corrected chi connectivity index (χ4v) is 2.06. The third-order valence-electron chi connectivity index (χ3n) is 3.04. The largest absolute Gasteiger partial charge is 0.506 e. The lowest BCUT2D eigenvalue weighted by Crippen LogP contribution is -2.03. The van der Waals surface area contributed by atoms with Gasteiger partial charge < -0.3 is 10.1 Å². The highest BCUT2D eigenvalue weighted by Gasteiger charge is 2.30. The Labute approximate surface area is 111 Å². The van der Waals surface area contributed by atoms with Gasteiger partial charge in [-0.15, -0.1) is 0 Å². The number of aromatic nitrogens is 2. The Morgan fingerprint density at radius 2 is 1.90 bits per heavy atom. The predicted molar refractivity (Wildman–Crippen MR) is 68.2 cm³/mol. The first-order valence-electron chi connectivity index (χ1n) is 5.78. The topological polar surface area (TPSA) is 48.9 Å². The van der Waals surface area contributed by atoms with Crippen LogP contribution in [0, 0.1) is 0 Å². The fraction of sp³-hybridized carbons (Fsp3) is 0.0714. The van der Waals surface area contributed by atoms with Crippen LogP contribution in [-0.2, 0) is 6.18 Å². The summed E-state index contributed by atoms with van der Waals surface area (Å²) in [5.74, 6) is -0.0323. The molecule has 3 nitrogen and oxygen atoms in total. The van der Waals surface area contributed by atoms with Crippen LogP contribution in [0.3, 0.4) is 0 Å². The minimum atomic E-state index is -4.38. The monoisotopic (exact) mass is 278 g/mol. The standard InChI is InChI=1S/C14H9F3N2O/c15-14(16,17)9-2-1-8-5-12(19-11(8)6-9)10-3-4-18-7-13(10)20/h1-7,19-20H. The molecule has 2 aromatic heterocycles. The number of halogens is 3. The van der Waals surface area contributed by atoms with Gasteiger partial charge >= 0.3 is 6.18 Å². The van der Waals surface area contributed by atoms with Crippen LogP contribution in [0.5, 0.6) is 5.75 Å². The maximum atomic E-state index is 12.6. The Kier molecular flexibility index (Phi) is 2.67. The van der Waals surface area contributed by atoms with Crippen molar-refractivity contribution in [1.82, 2.24) is 9.97 Å². The van der Waals surface area contributed by atoms with Gasteiger partial charge in [0.2, 0.25) is 0 Å². The average molecular weight is 278 g/mol. The van der Waals surface area contributed by atoms with E-state index in [1.165, 1.54) is 18.5 Å². The number of fused-ring (bicyclic) bond motifs is 1. The number of benzene rings is 1. The quantitative estimate of drug-likeness (QED) is 0.708. The number of hydrogen-bond acceptors (Lipinski definition) is 2. The van der Waals surface area contributed by atoms with Gasteiger partial charge in [-0.05, 0) is 24.3 Å². The summed E-state index contributed by atoms with van der Waals surface area (Å²) in [6.45, 7) is 0. The second-order valence-corrected chi connectivity index (χ2v) is 4.38. The van der Waals surface area contributed by atoms with E-state index in [1.807, 2.05) is 0 Å². The molecule has 0 aliphatic heterocycles. The first-order chi connectivity index (χ1) is 9.45. The fourth-order valence-electron chi connectivity index (χ4n) is 2.06. The number of pyridine rings is 1. The van der Waals surface area contributed by atoms with Crippen molar-refractivity contribution in [3.63, 3.8) is 0 Å². The van der Waals surface area contributed by atoms with E-state index in [2.05, 4.69) is 9.97 Å². The second kappa shape index (κ2) is 4.26. The number of H-pyrrole nitrogens is 1. The Balaban J connectivity index is 2.14. The van der Waals surface area contributed by atoms with E-state index in [1.54, 1.807) is 12.1 Å². The lowest BCUT2D eigenvalue weighted by molar-refractivity contribution is -0.137. The molecule has 1 aromatic carbocycles. The molecule has 3 aromatic rings. The van der Waals surface area contributed by atoms with Crippen LogP contribution in [-0.4, -0.2) is 15.1 Å². The van der Waals surface area contributed by atoms with Gasteiger partial charge in [-0.2, -0.15) is 13.2 Å². The molecule has 2 N–H and O–H groups in total. The summed E-state index contributed by atoms with van der Waals surface area (Å²) < 4.78 is 37.9. The van der Waals surface area contributed by atoms with Crippen molar-refractivity contribution in [1.29, 1.82) is 0 Å². The number of aromatic amines is 1. The molecule has 20 heavy (non-hydrogen) atoms. The highest BCUT2D eigenvalue weighted by molar-refractivity contribution is 5.87. The Hall–Kier alpha value is -2.50. The van der Waals surface area contributed by atoms with E-state index < -0.39 is 11.7 Å². The first kappa shape index (κ1) is 12.5. The van der Waals surface area contributed by atoms with Crippen LogP contribution < -0.4 is 0 Å². The van der Waals surface area contributed by atoms with Gasteiger partial charge in [0, 0.05) is 22.7 Å². The Morgan fingerprint density at radius 3 is 2.60 bits per heavy atom. The predicted octanol–water partition coefficient (Wildman–Crippen LogP) is 3.95. The summed E-state index contributed by atoms with van der Waals surface area (Å²) in [4.78, 5) is 6.64. The van der Waals surface area contributed by atoms with Crippen molar-refractivity contribution in [2.45, 2.75) is 6.18 Å². The number of hydrogen-bond donors (Lipinski definition) is 2. The van der Waals surface area contributed by atoms with Crippen molar-refractivity contribution in [3.8, 4) is 17.0 Å². The molecule has 0 aliphatic rings. The van der Waals surface area contributed by atoms with Crippen LogP contribution in [0.1, 0.15) is 5.56 Å². The van der Waals surface area contributed by atoms with Crippen molar-refractivity contribution in [3.05, 3.63) is 48.3 Å². The number of nitrogens with zero attached hydrogens (tertiary/aromatic N) is 1. The Morgan fingerprint density at radius 1 is 1.10 bits per heavy atom. The first-order valence-corrected chi connectivity index (χ1v) is 5.78. The normalized spacial score (nSPS) is 11.9. The van der Waals surface area contributed by atoms with Gasteiger partial charge in [-0.25, -0.2) is 0 Å². The number of alkyl halides is 3. The van der Waals surface area contributed by atoms with Gasteiger partial charge in [0.15, 0.2) is 0 Å². The molecular weight excluding hydrogens is 269 g/mol. The molecule has 0 aliphatic carbocycles. The molecule has 0 fully saturated rings. The van der Waals surface area contributed by atoms with Gasteiger partial charge in [-0.3, -0.25) is 4.98 Å². The second-order valence-electron chi connectivity index (χ2n) is 4.38. The third-order valence-corrected chi connectivity index (χ3v) is 3.04. The molecule has 6 heteroatoms. The minimum absolute atomic E-state index is 0.0323. The summed E-state index contributed by atoms with van der Waals surface area (Å²) >= 11 is 0. The van der Waals surface area contributed by atoms with Crippen LogP contribution in [0.2, 0.25) is 0 Å². The molecule has 0 spiro atoms. The maximum absolute atomic E-state index is 12.6. The molecule has 3 rings (SSSR count). The average Bonchev–Trinajstić information content (AvgIpc) is 2.80. The summed E-state index contributed by atoms with van der Waals surface area (Å²) in [5, 5.41) is 10.4. The summed E-state index contributed by atoms with van der Waals surface area (Å²) in [6, 6.07) is 6.76. The van der Waals surface area contributed by atoms with Crippen LogP contribution in [0.15, 0.2) is 42.7 Å². The molecular formula is C14H9F3N2O. The maximum Gasteiger partial charge on any atom is 0.416 e. The smallest absolute Gasteiger partial charge is 0.416 e. The zero-order valence-electron chi connectivity index (χ0n) is 10.1. The molecule has 0 unspecified atom stereocenters. The van der Waals surface area contributed by atoms with Crippen LogP contribution in [0.25, 0.3) is 22.2 Å². The van der Waals surface area contributed by atoms with Crippen molar-refractivity contribution < 1.29 is 18.3 Å². The van der Waals surface area contributed by atoms with Gasteiger partial charge in [0.1, 0.15) is 5.75 Å². The lowest BCUT2D eigenvalue weighted by Gasteiger charge is -2.05. The van der Waals surface area contributed by atoms with Crippen LogP contribution >= 0.6 is 0 Å². The Bertz CT molecular complexity index is 777. The van der Waals surface area contributed by atoms with E-state index >= 15 is 0 Å². The number of rotatable bonds is 1. The zero-order chi connectivity index (χ0) is 14.3. The van der Waals surface area contributed by atoms with Crippen molar-refractivity contribution >= 4 is 10.9 Å². The lowest BCUT2D eigenvalue weighted by atomic mass is 10.1. The van der Waals surface area contributed by atoms with Crippen molar-refractivity contribution in [2.24, 2.45) is 0 Å². The molecule has 0 amide bonds. The third kappa shape index (κ3) is 2.09. The van der Waals surface area contributed by atoms with Gasteiger partial charge in [0.25, 0.3) is 0 Å². The summed E-state index contributed by atoms with van der Waals surface area (Å²) in [6.07, 6.45) is -1.60. The SMILES string of the molecule is Oc1cnccc1-c1cc2ccc(C(F)(F)F)cc2[nH]1. The number of nitrogens with one attached hydrogen (secondary N) is 1. The van der Waals surface area contributed by atoms with Gasteiger partial charge in [0.05, 0.1) is 17.5 Å². The highest BCUT2D eigenvalue weighted by atomic mass is 19.4. The molecule has 0 saturated heterocycles. The minimum Gasteiger partial charge on any atom is -0.506 e. The molecule has 102 valence electrons. The molecule has 0 bridgehead atoms. The van der Waals surface area contributed by atoms with Crippen molar-refractivity contribution in [2.75, 3.05) is 0 Å². The number of aromatic hydroxyl groups is 1. The van der Waals surface area contributed by atoms with Crippen LogP contribution in [0.4, 0.5) is 13.2 Å². The zero-order valence-corrected chi connectivity index (χ0v) is 10.1. The van der Waals surface area contributed by atoms with E-state index in [-0.39, 0.29) is 5.75 Å². The van der Waals surface area contributed by atoms with E-state index in [4.69, 9.17) is 0 Å². The highest BCUT2D eigenvalue weighted by Crippen LogP contribution is 2.34.